The lowest BCUT2D eigenvalue weighted by Crippen LogP contribution is -2.55. The molecule has 13 heteroatoms. The van der Waals surface area contributed by atoms with Gasteiger partial charge < -0.3 is 30.2 Å². The summed E-state index contributed by atoms with van der Waals surface area (Å²) in [7, 11) is 1.57. The summed E-state index contributed by atoms with van der Waals surface area (Å²) < 4.78 is 5.65. The van der Waals surface area contributed by atoms with E-state index in [9.17, 15) is 19.8 Å². The Bertz CT molecular complexity index is 1080. The van der Waals surface area contributed by atoms with Crippen molar-refractivity contribution in [2.24, 2.45) is 0 Å². The summed E-state index contributed by atoms with van der Waals surface area (Å²) >= 11 is 13.4. The van der Waals surface area contributed by atoms with Crippen LogP contribution in [0.5, 0.6) is 0 Å². The molecule has 0 aliphatic carbocycles. The fourth-order valence-electron chi connectivity index (χ4n) is 4.38. The molecule has 2 aliphatic rings. The zero-order chi connectivity index (χ0) is 24.6. The molecule has 2 aromatic heterocycles. The highest BCUT2D eigenvalue weighted by Gasteiger charge is 2.34. The van der Waals surface area contributed by atoms with Gasteiger partial charge in [0, 0.05) is 45.5 Å². The van der Waals surface area contributed by atoms with Gasteiger partial charge in [-0.3, -0.25) is 9.69 Å². The maximum atomic E-state index is 12.8. The number of ether oxygens (including phenoxy) is 1. The zero-order valence-corrected chi connectivity index (χ0v) is 21.1. The van der Waals surface area contributed by atoms with Crippen LogP contribution < -0.4 is 10.2 Å². The van der Waals surface area contributed by atoms with Gasteiger partial charge in [-0.15, -0.1) is 0 Å². The number of methoxy groups -OCH3 is 1. The van der Waals surface area contributed by atoms with Crippen molar-refractivity contribution >= 4 is 51.5 Å². The molecular weight excluding hydrogens is 505 g/mol. The van der Waals surface area contributed by atoms with Crippen LogP contribution in [0.1, 0.15) is 44.4 Å². The number of aromatic nitrogens is 2. The molecule has 0 saturated carbocycles. The smallest absolute Gasteiger partial charge is 0.347 e. The molecule has 2 saturated heterocycles. The lowest BCUT2D eigenvalue weighted by atomic mass is 10.0. The van der Waals surface area contributed by atoms with E-state index in [0.29, 0.717) is 67.1 Å². The average Bonchev–Trinajstić information content (AvgIpc) is 3.48. The van der Waals surface area contributed by atoms with Gasteiger partial charge in [-0.05, 0) is 19.8 Å². The molecule has 2 aromatic rings. The molecule has 0 radical (unpaired) electrons. The molecule has 0 spiro atoms. The van der Waals surface area contributed by atoms with Crippen molar-refractivity contribution in [3.05, 3.63) is 32.0 Å². The number of amides is 1. The predicted molar refractivity (Wildman–Crippen MR) is 129 cm³/mol. The maximum Gasteiger partial charge on any atom is 0.347 e. The monoisotopic (exact) mass is 531 g/mol. The quantitative estimate of drug-likeness (QED) is 0.428. The third kappa shape index (κ3) is 5.19. The number of anilines is 1. The molecule has 2 aliphatic heterocycles. The molecule has 0 bridgehead atoms. The average molecular weight is 532 g/mol. The first-order valence-electron chi connectivity index (χ1n) is 10.9. The first kappa shape index (κ1) is 25.2. The van der Waals surface area contributed by atoms with E-state index in [-0.39, 0.29) is 39.8 Å². The van der Waals surface area contributed by atoms with Crippen molar-refractivity contribution < 1.29 is 24.5 Å². The van der Waals surface area contributed by atoms with Gasteiger partial charge in [0.1, 0.15) is 10.6 Å². The van der Waals surface area contributed by atoms with E-state index < -0.39 is 5.97 Å². The Morgan fingerprint density at radius 1 is 1.26 bits per heavy atom. The summed E-state index contributed by atoms with van der Waals surface area (Å²) in [6.45, 7) is 4.35. The number of likely N-dealkylation sites (tertiary alicyclic amines) is 1. The van der Waals surface area contributed by atoms with Crippen LogP contribution >= 0.6 is 34.5 Å². The number of thiazole rings is 1. The second kappa shape index (κ2) is 10.4. The number of β-amino-alcohol motifs (C(OH)–C–C–N with tert-alkyl or cyclic N) is 1. The standard InChI is InChI=1S/C21H27Cl2N5O5S/c1-10-15(22)16(23)17(24-10)19(30)25-12-4-6-28(9-14(12)33-2)21-26-13(18(34-21)20(31)32)8-27-5-3-11(29)7-27/h11-12,14,24,29H,3-9H2,1-2H3,(H,25,30)(H,31,32)/t11?,12-,14+/m1/s1. The number of carbonyl (C=O) groups excluding carboxylic acids is 1. The van der Waals surface area contributed by atoms with Crippen LogP contribution in [0.2, 0.25) is 10.0 Å². The molecule has 0 aromatic carbocycles. The van der Waals surface area contributed by atoms with E-state index in [4.69, 9.17) is 27.9 Å². The van der Waals surface area contributed by atoms with Gasteiger partial charge in [0.25, 0.3) is 5.91 Å². The number of carboxylic acid groups (broad SMARTS) is 1. The highest BCUT2D eigenvalue weighted by atomic mass is 35.5. The minimum absolute atomic E-state index is 0.185. The van der Waals surface area contributed by atoms with Crippen molar-refractivity contribution in [3.8, 4) is 0 Å². The Morgan fingerprint density at radius 3 is 2.62 bits per heavy atom. The molecular formula is C21H27Cl2N5O5S. The first-order chi connectivity index (χ1) is 16.2. The summed E-state index contributed by atoms with van der Waals surface area (Å²) in [5.74, 6) is -1.38. The third-order valence-corrected chi connectivity index (χ3v) is 8.32. The second-order valence-electron chi connectivity index (χ2n) is 8.60. The Balaban J connectivity index is 1.45. The SMILES string of the molecule is CO[C@H]1CN(c2nc(CN3CCC(O)C3)c(C(=O)O)s2)CC[C@H]1NC(=O)c1[nH]c(C)c(Cl)c1Cl. The van der Waals surface area contributed by atoms with Crippen molar-refractivity contribution in [1.82, 2.24) is 20.2 Å². The van der Waals surface area contributed by atoms with Gasteiger partial charge in [-0.1, -0.05) is 34.5 Å². The Kier molecular flexibility index (Phi) is 7.70. The number of hydrogen-bond acceptors (Lipinski definition) is 8. The summed E-state index contributed by atoms with van der Waals surface area (Å²) in [5.41, 5.74) is 1.33. The van der Waals surface area contributed by atoms with E-state index in [1.165, 1.54) is 0 Å². The number of nitrogens with one attached hydrogen (secondary N) is 2. The maximum absolute atomic E-state index is 12.8. The molecule has 3 atom stereocenters. The van der Waals surface area contributed by atoms with Crippen LogP contribution in [0.25, 0.3) is 0 Å². The van der Waals surface area contributed by atoms with Gasteiger partial charge in [-0.2, -0.15) is 0 Å². The highest BCUT2D eigenvalue weighted by Crippen LogP contribution is 2.32. The van der Waals surface area contributed by atoms with Crippen molar-refractivity contribution in [3.63, 3.8) is 0 Å². The van der Waals surface area contributed by atoms with Crippen LogP contribution in [-0.4, -0.2) is 88.5 Å². The normalized spacial score (nSPS) is 23.4. The Labute approximate surface area is 210 Å². The van der Waals surface area contributed by atoms with E-state index in [0.717, 1.165) is 11.3 Å². The molecule has 186 valence electrons. The number of hydrogen-bond donors (Lipinski definition) is 4. The van der Waals surface area contributed by atoms with Crippen LogP contribution in [0.15, 0.2) is 0 Å². The van der Waals surface area contributed by atoms with Crippen LogP contribution in [-0.2, 0) is 11.3 Å². The van der Waals surface area contributed by atoms with Crippen LogP contribution in [0.3, 0.4) is 0 Å². The molecule has 10 nitrogen and oxygen atoms in total. The van der Waals surface area contributed by atoms with Crippen molar-refractivity contribution in [2.75, 3.05) is 38.2 Å². The van der Waals surface area contributed by atoms with E-state index in [1.807, 2.05) is 9.80 Å². The number of piperidine rings is 1. The van der Waals surface area contributed by atoms with Crippen molar-refractivity contribution in [1.29, 1.82) is 0 Å². The summed E-state index contributed by atoms with van der Waals surface area (Å²) in [4.78, 5) is 36.3. The predicted octanol–water partition coefficient (Wildman–Crippen LogP) is 2.37. The van der Waals surface area contributed by atoms with E-state index in [1.54, 1.807) is 14.0 Å². The Morgan fingerprint density at radius 2 is 2.03 bits per heavy atom. The highest BCUT2D eigenvalue weighted by molar-refractivity contribution is 7.17. The number of aromatic amines is 1. The van der Waals surface area contributed by atoms with Gasteiger partial charge in [0.15, 0.2) is 5.13 Å². The second-order valence-corrected chi connectivity index (χ2v) is 10.3. The Hall–Kier alpha value is -1.89. The summed E-state index contributed by atoms with van der Waals surface area (Å²) in [5, 5.41) is 23.5. The number of carbonyl (C=O) groups is 2. The molecule has 4 heterocycles. The number of aliphatic hydroxyl groups excluding tert-OH is 1. The third-order valence-electron chi connectivity index (χ3n) is 6.23. The number of aliphatic hydroxyl groups is 1. The van der Waals surface area contributed by atoms with Crippen molar-refractivity contribution in [2.45, 2.75) is 44.6 Å². The molecule has 2 fully saturated rings. The number of halogens is 2. The van der Waals surface area contributed by atoms with E-state index >= 15 is 0 Å². The number of aryl methyl sites for hydroxylation is 1. The molecule has 4 rings (SSSR count). The number of aromatic carboxylic acids is 1. The number of H-pyrrole nitrogens is 1. The molecule has 34 heavy (non-hydrogen) atoms. The molecule has 1 amide bonds. The minimum atomic E-state index is -1.01. The fraction of sp³-hybridized carbons (Fsp3) is 0.571. The zero-order valence-electron chi connectivity index (χ0n) is 18.8. The molecule has 4 N–H and O–H groups in total. The largest absolute Gasteiger partial charge is 0.477 e. The first-order valence-corrected chi connectivity index (χ1v) is 12.5. The van der Waals surface area contributed by atoms with Crippen LogP contribution in [0, 0.1) is 6.92 Å². The number of rotatable bonds is 7. The number of carboxylic acids is 1. The van der Waals surface area contributed by atoms with Gasteiger partial charge >= 0.3 is 5.97 Å². The van der Waals surface area contributed by atoms with Crippen LogP contribution in [0.4, 0.5) is 5.13 Å². The van der Waals surface area contributed by atoms with Gasteiger partial charge in [0.05, 0.1) is 34.0 Å². The summed E-state index contributed by atoms with van der Waals surface area (Å²) in [6, 6.07) is -0.267. The lowest BCUT2D eigenvalue weighted by molar-refractivity contribution is 0.0540. The summed E-state index contributed by atoms with van der Waals surface area (Å²) in [6.07, 6.45) is 0.527. The lowest BCUT2D eigenvalue weighted by Gasteiger charge is -2.37. The fourth-order valence-corrected chi connectivity index (χ4v) is 5.74. The number of nitrogens with zero attached hydrogens (tertiary/aromatic N) is 3. The topological polar surface area (TPSA) is 131 Å². The van der Waals surface area contributed by atoms with Gasteiger partial charge in [0.2, 0.25) is 0 Å². The van der Waals surface area contributed by atoms with Gasteiger partial charge in [-0.25, -0.2) is 9.78 Å². The van der Waals surface area contributed by atoms with E-state index in [2.05, 4.69) is 15.3 Å². The molecule has 1 unspecified atom stereocenters. The minimum Gasteiger partial charge on any atom is -0.477 e.